The summed E-state index contributed by atoms with van der Waals surface area (Å²) < 4.78 is 8.22. The zero-order chi connectivity index (χ0) is 16.9. The monoisotopic (exact) mass is 404 g/mol. The first-order chi connectivity index (χ1) is 11.6. The van der Waals surface area contributed by atoms with Crippen LogP contribution in [0.2, 0.25) is 0 Å². The maximum absolute atomic E-state index is 6.11. The summed E-state index contributed by atoms with van der Waals surface area (Å²) >= 11 is 4.94. The van der Waals surface area contributed by atoms with Crippen LogP contribution in [0.5, 0.6) is 5.75 Å². The Kier molecular flexibility index (Phi) is 5.42. The fourth-order valence-corrected chi connectivity index (χ4v) is 3.18. The predicted molar refractivity (Wildman–Crippen MR) is 101 cm³/mol. The van der Waals surface area contributed by atoms with Crippen LogP contribution in [0.15, 0.2) is 58.2 Å². The highest BCUT2D eigenvalue weighted by atomic mass is 79.9. The molecule has 0 bridgehead atoms. The minimum Gasteiger partial charge on any atom is -0.493 e. The summed E-state index contributed by atoms with van der Waals surface area (Å²) in [5.74, 6) is 8.33. The highest BCUT2D eigenvalue weighted by molar-refractivity contribution is 9.10. The minimum atomic E-state index is 0.563. The van der Waals surface area contributed by atoms with E-state index in [2.05, 4.69) is 26.1 Å². The largest absolute Gasteiger partial charge is 0.493 e. The van der Waals surface area contributed by atoms with Crippen molar-refractivity contribution < 1.29 is 4.74 Å². The van der Waals surface area contributed by atoms with Gasteiger partial charge in [0.1, 0.15) is 5.75 Å². The summed E-state index contributed by atoms with van der Waals surface area (Å²) in [6.07, 6.45) is 0. The lowest BCUT2D eigenvalue weighted by molar-refractivity contribution is 0.343. The van der Waals surface area contributed by atoms with Gasteiger partial charge in [-0.05, 0) is 25.1 Å². The van der Waals surface area contributed by atoms with Crippen molar-refractivity contribution in [2.45, 2.75) is 12.1 Å². The molecule has 7 heteroatoms. The van der Waals surface area contributed by atoms with Crippen molar-refractivity contribution in [3.05, 3.63) is 58.6 Å². The molecule has 3 aromatic rings. The standard InChI is InChI=1S/C17H17BrN4OS/c1-12-5-7-13(8-6-12)16-20-21-17(22(16)19)24-10-9-23-15-4-2-3-14(18)11-15/h2-8,11H,9-10,19H2,1H3. The smallest absolute Gasteiger partial charge is 0.210 e. The van der Waals surface area contributed by atoms with Crippen LogP contribution < -0.4 is 10.6 Å². The van der Waals surface area contributed by atoms with Gasteiger partial charge >= 0.3 is 0 Å². The molecule has 124 valence electrons. The summed E-state index contributed by atoms with van der Waals surface area (Å²) in [6.45, 7) is 2.61. The summed E-state index contributed by atoms with van der Waals surface area (Å²) in [6, 6.07) is 15.8. The van der Waals surface area contributed by atoms with E-state index in [9.17, 15) is 0 Å². The highest BCUT2D eigenvalue weighted by Crippen LogP contribution is 2.22. The minimum absolute atomic E-state index is 0.563. The Balaban J connectivity index is 1.57. The van der Waals surface area contributed by atoms with Gasteiger partial charge in [-0.25, -0.2) is 4.68 Å². The van der Waals surface area contributed by atoms with Crippen molar-refractivity contribution in [2.75, 3.05) is 18.2 Å². The van der Waals surface area contributed by atoms with Crippen molar-refractivity contribution in [2.24, 2.45) is 0 Å². The van der Waals surface area contributed by atoms with E-state index in [4.69, 9.17) is 10.6 Å². The van der Waals surface area contributed by atoms with E-state index in [0.717, 1.165) is 21.5 Å². The van der Waals surface area contributed by atoms with Gasteiger partial charge in [0.05, 0.1) is 6.61 Å². The predicted octanol–water partition coefficient (Wildman–Crippen LogP) is 3.90. The molecule has 1 heterocycles. The molecule has 0 aliphatic carbocycles. The lowest BCUT2D eigenvalue weighted by atomic mass is 10.1. The second-order valence-electron chi connectivity index (χ2n) is 5.20. The molecule has 0 aliphatic heterocycles. The number of hydrogen-bond donors (Lipinski definition) is 1. The molecule has 0 fully saturated rings. The molecule has 3 rings (SSSR count). The van der Waals surface area contributed by atoms with Crippen LogP contribution in [-0.2, 0) is 0 Å². The number of nitrogens with two attached hydrogens (primary N) is 1. The van der Waals surface area contributed by atoms with Gasteiger partial charge < -0.3 is 10.6 Å². The van der Waals surface area contributed by atoms with Crippen molar-refractivity contribution in [1.29, 1.82) is 0 Å². The molecule has 0 aliphatic rings. The average Bonchev–Trinajstić information content (AvgIpc) is 2.93. The molecule has 0 amide bonds. The van der Waals surface area contributed by atoms with E-state index < -0.39 is 0 Å². The van der Waals surface area contributed by atoms with Crippen molar-refractivity contribution in [3.8, 4) is 17.1 Å². The Morgan fingerprint density at radius 2 is 1.96 bits per heavy atom. The van der Waals surface area contributed by atoms with E-state index in [-0.39, 0.29) is 0 Å². The SMILES string of the molecule is Cc1ccc(-c2nnc(SCCOc3cccc(Br)c3)n2N)cc1. The Labute approximate surface area is 153 Å². The molecule has 2 N–H and O–H groups in total. The van der Waals surface area contributed by atoms with Crippen LogP contribution in [0.1, 0.15) is 5.56 Å². The summed E-state index contributed by atoms with van der Waals surface area (Å²) in [7, 11) is 0. The number of rotatable bonds is 6. The number of hydrogen-bond acceptors (Lipinski definition) is 5. The molecule has 0 atom stereocenters. The molecule has 0 saturated heterocycles. The summed E-state index contributed by atoms with van der Waals surface area (Å²) in [5, 5.41) is 9.02. The second-order valence-corrected chi connectivity index (χ2v) is 7.17. The zero-order valence-corrected chi connectivity index (χ0v) is 15.5. The third-order valence-corrected chi connectivity index (χ3v) is 4.75. The van der Waals surface area contributed by atoms with E-state index in [1.807, 2.05) is 55.5 Å². The van der Waals surface area contributed by atoms with Crippen LogP contribution in [0.3, 0.4) is 0 Å². The van der Waals surface area contributed by atoms with Gasteiger partial charge in [0.25, 0.3) is 0 Å². The topological polar surface area (TPSA) is 66.0 Å². The number of nitrogens with zero attached hydrogens (tertiary/aromatic N) is 3. The summed E-state index contributed by atoms with van der Waals surface area (Å²) in [4.78, 5) is 0. The molecule has 0 saturated carbocycles. The normalized spacial score (nSPS) is 10.8. The van der Waals surface area contributed by atoms with Crippen LogP contribution in [0, 0.1) is 6.92 Å². The Hall–Kier alpha value is -1.99. The van der Waals surface area contributed by atoms with Gasteiger partial charge in [0, 0.05) is 15.8 Å². The fourth-order valence-electron chi connectivity index (χ4n) is 2.12. The van der Waals surface area contributed by atoms with E-state index in [1.165, 1.54) is 22.0 Å². The van der Waals surface area contributed by atoms with E-state index >= 15 is 0 Å². The van der Waals surface area contributed by atoms with Gasteiger partial charge in [0.15, 0.2) is 5.82 Å². The number of ether oxygens (including phenoxy) is 1. The first-order valence-corrected chi connectivity index (χ1v) is 9.20. The van der Waals surface area contributed by atoms with Crippen molar-refractivity contribution in [3.63, 3.8) is 0 Å². The average molecular weight is 405 g/mol. The lowest BCUT2D eigenvalue weighted by Gasteiger charge is -2.06. The van der Waals surface area contributed by atoms with Crippen LogP contribution >= 0.6 is 27.7 Å². The Morgan fingerprint density at radius 3 is 2.71 bits per heavy atom. The fraction of sp³-hybridized carbons (Fsp3) is 0.176. The number of nitrogen functional groups attached to an aromatic ring is 1. The first-order valence-electron chi connectivity index (χ1n) is 7.42. The molecule has 1 aromatic heterocycles. The molecule has 0 unspecified atom stereocenters. The van der Waals surface area contributed by atoms with Gasteiger partial charge in [-0.15, -0.1) is 10.2 Å². The Bertz CT molecular complexity index is 820. The molecular formula is C17H17BrN4OS. The van der Waals surface area contributed by atoms with Gasteiger partial charge in [-0.2, -0.15) is 0 Å². The lowest BCUT2D eigenvalue weighted by Crippen LogP contribution is -2.12. The number of benzene rings is 2. The van der Waals surface area contributed by atoms with Crippen molar-refractivity contribution >= 4 is 27.7 Å². The molecule has 2 aromatic carbocycles. The van der Waals surface area contributed by atoms with Crippen LogP contribution in [0.25, 0.3) is 11.4 Å². The van der Waals surface area contributed by atoms with E-state index in [1.54, 1.807) is 0 Å². The van der Waals surface area contributed by atoms with Gasteiger partial charge in [-0.1, -0.05) is 63.6 Å². The second kappa shape index (κ2) is 7.72. The highest BCUT2D eigenvalue weighted by Gasteiger charge is 2.11. The molecular weight excluding hydrogens is 388 g/mol. The van der Waals surface area contributed by atoms with Crippen LogP contribution in [0.4, 0.5) is 0 Å². The quantitative estimate of drug-likeness (QED) is 0.383. The van der Waals surface area contributed by atoms with Crippen LogP contribution in [-0.4, -0.2) is 27.2 Å². The molecule has 0 radical (unpaired) electrons. The van der Waals surface area contributed by atoms with Gasteiger partial charge in [-0.3, -0.25) is 0 Å². The maximum Gasteiger partial charge on any atom is 0.210 e. The molecule has 0 spiro atoms. The number of aryl methyl sites for hydroxylation is 1. The third-order valence-electron chi connectivity index (χ3n) is 3.35. The zero-order valence-electron chi connectivity index (χ0n) is 13.1. The molecule has 24 heavy (non-hydrogen) atoms. The van der Waals surface area contributed by atoms with Gasteiger partial charge in [0.2, 0.25) is 5.16 Å². The number of halogens is 1. The van der Waals surface area contributed by atoms with Crippen molar-refractivity contribution in [1.82, 2.24) is 14.9 Å². The summed E-state index contributed by atoms with van der Waals surface area (Å²) in [5.41, 5.74) is 2.15. The first kappa shape index (κ1) is 16.9. The third kappa shape index (κ3) is 4.10. The Morgan fingerprint density at radius 1 is 1.17 bits per heavy atom. The number of aromatic nitrogens is 3. The molecule has 5 nitrogen and oxygen atoms in total. The maximum atomic E-state index is 6.11. The number of thioether (sulfide) groups is 1. The van der Waals surface area contributed by atoms with E-state index in [0.29, 0.717) is 17.6 Å².